The minimum absolute atomic E-state index is 0.142. The number of isocyanates is 1. The van der Waals surface area contributed by atoms with Gasteiger partial charge in [-0.25, -0.2) is 9.18 Å². The van der Waals surface area contributed by atoms with Gasteiger partial charge in [0.2, 0.25) is 6.08 Å². The summed E-state index contributed by atoms with van der Waals surface area (Å²) in [5.74, 6) is -0.175. The van der Waals surface area contributed by atoms with Gasteiger partial charge in [0.25, 0.3) is 0 Å². The summed E-state index contributed by atoms with van der Waals surface area (Å²) < 4.78 is 18.3. The van der Waals surface area contributed by atoms with Gasteiger partial charge >= 0.3 is 0 Å². The number of nitrogens with zero attached hydrogens (tertiary/aromatic N) is 1. The van der Waals surface area contributed by atoms with Crippen molar-refractivity contribution in [3.8, 4) is 0 Å². The lowest BCUT2D eigenvalue weighted by molar-refractivity contribution is 0.181. The van der Waals surface area contributed by atoms with E-state index < -0.39 is 0 Å². The standard InChI is InChI=1S/C12H12FNO2/c13-11-3-1-2-9(6-11)12(14-8-15)10-4-5-16-7-10/h1-3,6,10,12H,4-5,7H2. The molecule has 1 aromatic rings. The molecule has 1 aromatic carbocycles. The number of hydrogen-bond donors (Lipinski definition) is 0. The predicted molar refractivity (Wildman–Crippen MR) is 56.2 cm³/mol. The van der Waals surface area contributed by atoms with Crippen LogP contribution in [0.4, 0.5) is 4.39 Å². The summed E-state index contributed by atoms with van der Waals surface area (Å²) >= 11 is 0. The highest BCUT2D eigenvalue weighted by atomic mass is 19.1. The van der Waals surface area contributed by atoms with E-state index in [1.54, 1.807) is 18.2 Å². The molecule has 2 rings (SSSR count). The Labute approximate surface area is 93.0 Å². The fourth-order valence-electron chi connectivity index (χ4n) is 2.00. The summed E-state index contributed by atoms with van der Waals surface area (Å²) in [6.07, 6.45) is 2.40. The first-order valence-corrected chi connectivity index (χ1v) is 5.21. The van der Waals surface area contributed by atoms with E-state index in [-0.39, 0.29) is 17.8 Å². The van der Waals surface area contributed by atoms with Crippen molar-refractivity contribution in [2.45, 2.75) is 12.5 Å². The Kier molecular flexibility index (Phi) is 3.44. The summed E-state index contributed by atoms with van der Waals surface area (Å²) in [5, 5.41) is 0. The van der Waals surface area contributed by atoms with E-state index >= 15 is 0 Å². The second-order valence-corrected chi connectivity index (χ2v) is 3.84. The topological polar surface area (TPSA) is 38.7 Å². The molecule has 4 heteroatoms. The molecule has 3 nitrogen and oxygen atoms in total. The van der Waals surface area contributed by atoms with Crippen molar-refractivity contribution in [2.75, 3.05) is 13.2 Å². The van der Waals surface area contributed by atoms with Crippen LogP contribution in [0.25, 0.3) is 0 Å². The molecule has 2 unspecified atom stereocenters. The molecule has 84 valence electrons. The highest BCUT2D eigenvalue weighted by Crippen LogP contribution is 2.31. The third-order valence-electron chi connectivity index (χ3n) is 2.79. The lowest BCUT2D eigenvalue weighted by atomic mass is 9.93. The van der Waals surface area contributed by atoms with Crippen LogP contribution in [0, 0.1) is 11.7 Å². The monoisotopic (exact) mass is 221 g/mol. The predicted octanol–water partition coefficient (Wildman–Crippen LogP) is 2.24. The molecule has 0 saturated carbocycles. The van der Waals surface area contributed by atoms with Crippen LogP contribution in [-0.4, -0.2) is 19.3 Å². The van der Waals surface area contributed by atoms with E-state index in [9.17, 15) is 9.18 Å². The zero-order chi connectivity index (χ0) is 11.4. The van der Waals surface area contributed by atoms with Gasteiger partial charge in [-0.05, 0) is 24.1 Å². The number of benzene rings is 1. The van der Waals surface area contributed by atoms with Crippen molar-refractivity contribution >= 4 is 6.08 Å². The maximum absolute atomic E-state index is 13.1. The van der Waals surface area contributed by atoms with E-state index in [4.69, 9.17) is 4.74 Å². The van der Waals surface area contributed by atoms with E-state index in [2.05, 4.69) is 4.99 Å². The first kappa shape index (κ1) is 11.0. The molecule has 0 bridgehead atoms. The number of carbonyl (C=O) groups excluding carboxylic acids is 1. The van der Waals surface area contributed by atoms with Crippen LogP contribution in [0.3, 0.4) is 0 Å². The Morgan fingerprint density at radius 1 is 1.56 bits per heavy atom. The molecule has 0 aromatic heterocycles. The Morgan fingerprint density at radius 3 is 3.06 bits per heavy atom. The molecule has 1 saturated heterocycles. The number of rotatable bonds is 3. The summed E-state index contributed by atoms with van der Waals surface area (Å²) in [6, 6.07) is 5.83. The van der Waals surface area contributed by atoms with Crippen molar-refractivity contribution in [3.63, 3.8) is 0 Å². The summed E-state index contributed by atoms with van der Waals surface area (Å²) in [6.45, 7) is 1.23. The fraction of sp³-hybridized carbons (Fsp3) is 0.417. The number of aliphatic imine (C=N–C) groups is 1. The molecular formula is C12H12FNO2. The molecule has 1 aliphatic heterocycles. The quantitative estimate of drug-likeness (QED) is 0.580. The maximum Gasteiger partial charge on any atom is 0.235 e. The van der Waals surface area contributed by atoms with Crippen LogP contribution in [0.15, 0.2) is 29.3 Å². The zero-order valence-corrected chi connectivity index (χ0v) is 8.73. The summed E-state index contributed by atoms with van der Waals surface area (Å²) in [4.78, 5) is 14.2. The molecule has 2 atom stereocenters. The Balaban J connectivity index is 2.27. The average Bonchev–Trinajstić information content (AvgIpc) is 2.79. The van der Waals surface area contributed by atoms with E-state index in [0.29, 0.717) is 18.8 Å². The second-order valence-electron chi connectivity index (χ2n) is 3.84. The van der Waals surface area contributed by atoms with Crippen molar-refractivity contribution in [2.24, 2.45) is 10.9 Å². The minimum Gasteiger partial charge on any atom is -0.381 e. The molecule has 1 fully saturated rings. The molecule has 0 aliphatic carbocycles. The normalized spacial score (nSPS) is 21.4. The molecular weight excluding hydrogens is 209 g/mol. The number of halogens is 1. The van der Waals surface area contributed by atoms with Crippen LogP contribution >= 0.6 is 0 Å². The zero-order valence-electron chi connectivity index (χ0n) is 8.73. The van der Waals surface area contributed by atoms with Crippen LogP contribution in [0.5, 0.6) is 0 Å². The van der Waals surface area contributed by atoms with Gasteiger partial charge in [0.1, 0.15) is 5.82 Å². The fourth-order valence-corrected chi connectivity index (χ4v) is 2.00. The molecule has 0 spiro atoms. The first-order valence-electron chi connectivity index (χ1n) is 5.21. The largest absolute Gasteiger partial charge is 0.381 e. The van der Waals surface area contributed by atoms with Crippen molar-refractivity contribution in [1.82, 2.24) is 0 Å². The number of hydrogen-bond acceptors (Lipinski definition) is 3. The first-order chi connectivity index (χ1) is 7.81. The average molecular weight is 221 g/mol. The summed E-state index contributed by atoms with van der Waals surface area (Å²) in [5.41, 5.74) is 0.707. The van der Waals surface area contributed by atoms with Crippen LogP contribution in [-0.2, 0) is 9.53 Å². The summed E-state index contributed by atoms with van der Waals surface area (Å²) in [7, 11) is 0. The minimum atomic E-state index is -0.337. The smallest absolute Gasteiger partial charge is 0.235 e. The van der Waals surface area contributed by atoms with Gasteiger partial charge in [0, 0.05) is 12.5 Å². The van der Waals surface area contributed by atoms with Gasteiger partial charge in [-0.1, -0.05) is 12.1 Å². The molecule has 1 aliphatic rings. The lowest BCUT2D eigenvalue weighted by Crippen LogP contribution is -2.11. The SMILES string of the molecule is O=C=NC(c1cccc(F)c1)C1CCOC1. The molecule has 1 heterocycles. The molecule has 16 heavy (non-hydrogen) atoms. The third kappa shape index (κ3) is 2.35. The van der Waals surface area contributed by atoms with Crippen LogP contribution in [0.2, 0.25) is 0 Å². The maximum atomic E-state index is 13.1. The van der Waals surface area contributed by atoms with Gasteiger partial charge < -0.3 is 4.74 Å². The highest BCUT2D eigenvalue weighted by molar-refractivity contribution is 5.36. The lowest BCUT2D eigenvalue weighted by Gasteiger charge is -2.16. The van der Waals surface area contributed by atoms with Crippen LogP contribution in [0.1, 0.15) is 18.0 Å². The van der Waals surface area contributed by atoms with Crippen LogP contribution < -0.4 is 0 Å². The van der Waals surface area contributed by atoms with E-state index in [1.165, 1.54) is 12.1 Å². The van der Waals surface area contributed by atoms with Crippen molar-refractivity contribution in [3.05, 3.63) is 35.6 Å². The van der Waals surface area contributed by atoms with Crippen molar-refractivity contribution in [1.29, 1.82) is 0 Å². The Hall–Kier alpha value is -1.51. The molecule has 0 amide bonds. The van der Waals surface area contributed by atoms with Gasteiger partial charge in [0.15, 0.2) is 0 Å². The van der Waals surface area contributed by atoms with Gasteiger partial charge in [-0.15, -0.1) is 0 Å². The van der Waals surface area contributed by atoms with Gasteiger partial charge in [0.05, 0.1) is 12.6 Å². The Morgan fingerprint density at radius 2 is 2.44 bits per heavy atom. The van der Waals surface area contributed by atoms with Gasteiger partial charge in [-0.3, -0.25) is 0 Å². The van der Waals surface area contributed by atoms with Crippen molar-refractivity contribution < 1.29 is 13.9 Å². The Bertz CT molecular complexity index is 409. The highest BCUT2D eigenvalue weighted by Gasteiger charge is 2.27. The second kappa shape index (κ2) is 5.01. The third-order valence-corrected chi connectivity index (χ3v) is 2.79. The molecule has 0 N–H and O–H groups in total. The van der Waals surface area contributed by atoms with E-state index in [0.717, 1.165) is 6.42 Å². The van der Waals surface area contributed by atoms with E-state index in [1.807, 2.05) is 0 Å². The van der Waals surface area contributed by atoms with Gasteiger partial charge in [-0.2, -0.15) is 4.99 Å². The molecule has 0 radical (unpaired) electrons. The number of ether oxygens (including phenoxy) is 1.